The van der Waals surface area contributed by atoms with E-state index in [1.54, 1.807) is 17.0 Å². The van der Waals surface area contributed by atoms with Gasteiger partial charge in [0.1, 0.15) is 5.82 Å². The van der Waals surface area contributed by atoms with Crippen molar-refractivity contribution in [2.45, 2.75) is 39.7 Å². The van der Waals surface area contributed by atoms with Crippen LogP contribution in [0.3, 0.4) is 0 Å². The van der Waals surface area contributed by atoms with Gasteiger partial charge in [-0.1, -0.05) is 20.8 Å². The summed E-state index contributed by atoms with van der Waals surface area (Å²) in [6.45, 7) is 6.42. The van der Waals surface area contributed by atoms with Crippen LogP contribution in [0.4, 0.5) is 10.1 Å². The second-order valence-electron chi connectivity index (χ2n) is 6.69. The average Bonchev–Trinajstić information content (AvgIpc) is 2.68. The van der Waals surface area contributed by atoms with Crippen molar-refractivity contribution in [3.8, 4) is 0 Å². The maximum absolute atomic E-state index is 12.9. The average molecular weight is 292 g/mol. The maximum Gasteiger partial charge on any atom is 0.229 e. The van der Waals surface area contributed by atoms with Gasteiger partial charge in [-0.05, 0) is 29.7 Å². The Morgan fingerprint density at radius 1 is 1.33 bits per heavy atom. The van der Waals surface area contributed by atoms with Gasteiger partial charge in [-0.25, -0.2) is 4.39 Å². The Labute approximate surface area is 124 Å². The first-order valence-corrected chi connectivity index (χ1v) is 7.10. The number of nitrogens with one attached hydrogen (secondary N) is 1. The number of carbonyl (C=O) groups excluding carboxylic acids is 2. The van der Waals surface area contributed by atoms with E-state index in [1.165, 1.54) is 12.1 Å². The van der Waals surface area contributed by atoms with E-state index in [-0.39, 0.29) is 35.5 Å². The molecule has 21 heavy (non-hydrogen) atoms. The molecule has 114 valence electrons. The predicted octanol–water partition coefficient (Wildman–Crippen LogP) is 2.48. The number of rotatable bonds is 3. The Morgan fingerprint density at radius 2 is 1.95 bits per heavy atom. The van der Waals surface area contributed by atoms with Crippen LogP contribution in [0.15, 0.2) is 24.3 Å². The summed E-state index contributed by atoms with van der Waals surface area (Å²) in [7, 11) is 0. The molecule has 0 bridgehead atoms. The molecule has 4 nitrogen and oxygen atoms in total. The summed E-state index contributed by atoms with van der Waals surface area (Å²) in [6, 6.07) is 5.62. The topological polar surface area (TPSA) is 49.4 Å². The molecule has 1 fully saturated rings. The van der Waals surface area contributed by atoms with Crippen LogP contribution >= 0.6 is 0 Å². The Bertz CT molecular complexity index is 534. The Balaban J connectivity index is 1.96. The number of anilines is 1. The first-order valence-electron chi connectivity index (χ1n) is 7.10. The summed E-state index contributed by atoms with van der Waals surface area (Å²) in [5, 5.41) is 2.90. The van der Waals surface area contributed by atoms with E-state index in [0.29, 0.717) is 18.7 Å². The highest BCUT2D eigenvalue weighted by molar-refractivity contribution is 5.96. The zero-order valence-corrected chi connectivity index (χ0v) is 12.6. The first-order chi connectivity index (χ1) is 9.74. The van der Waals surface area contributed by atoms with Crippen molar-refractivity contribution in [3.05, 3.63) is 30.1 Å². The van der Waals surface area contributed by atoms with Gasteiger partial charge >= 0.3 is 0 Å². The first kappa shape index (κ1) is 15.5. The lowest BCUT2D eigenvalue weighted by molar-refractivity contribution is -0.123. The summed E-state index contributed by atoms with van der Waals surface area (Å²) in [5.74, 6) is -0.427. The van der Waals surface area contributed by atoms with Gasteiger partial charge in [-0.3, -0.25) is 9.59 Å². The minimum absolute atomic E-state index is 0.0405. The quantitative estimate of drug-likeness (QED) is 0.930. The van der Waals surface area contributed by atoms with Crippen LogP contribution in [-0.4, -0.2) is 24.4 Å². The highest BCUT2D eigenvalue weighted by atomic mass is 19.1. The van der Waals surface area contributed by atoms with Crippen LogP contribution in [-0.2, 0) is 9.59 Å². The molecular formula is C16H21FN2O2. The van der Waals surface area contributed by atoms with Gasteiger partial charge in [-0.2, -0.15) is 0 Å². The molecule has 2 amide bonds. The molecule has 1 N–H and O–H groups in total. The van der Waals surface area contributed by atoms with Crippen LogP contribution in [0.2, 0.25) is 0 Å². The number of hydrogen-bond acceptors (Lipinski definition) is 2. The summed E-state index contributed by atoms with van der Waals surface area (Å²) in [6.07, 6.45) is 0.710. The number of benzene rings is 1. The standard InChI is InChI=1S/C16H21FN2O2/c1-16(2,3)9-14(20)18-12-8-15(21)19(10-12)13-6-4-11(17)5-7-13/h4-7,12H,8-10H2,1-3H3,(H,18,20)/t12-/m1/s1. The highest BCUT2D eigenvalue weighted by Gasteiger charge is 2.32. The molecule has 0 radical (unpaired) electrons. The van der Waals surface area contributed by atoms with E-state index in [2.05, 4.69) is 5.32 Å². The molecule has 1 aliphatic rings. The van der Waals surface area contributed by atoms with E-state index in [1.807, 2.05) is 20.8 Å². The molecular weight excluding hydrogens is 271 g/mol. The molecule has 1 aromatic rings. The fraction of sp³-hybridized carbons (Fsp3) is 0.500. The molecule has 1 aliphatic heterocycles. The molecule has 2 rings (SSSR count). The summed E-state index contributed by atoms with van der Waals surface area (Å²) in [4.78, 5) is 25.5. The van der Waals surface area contributed by atoms with Crippen molar-refractivity contribution >= 4 is 17.5 Å². The third-order valence-corrected chi connectivity index (χ3v) is 3.32. The number of hydrogen-bond donors (Lipinski definition) is 1. The molecule has 0 aromatic heterocycles. The van der Waals surface area contributed by atoms with Gasteiger partial charge in [0.25, 0.3) is 0 Å². The minimum atomic E-state index is -0.333. The number of carbonyl (C=O) groups is 2. The van der Waals surface area contributed by atoms with Crippen molar-refractivity contribution in [2.24, 2.45) is 5.41 Å². The van der Waals surface area contributed by atoms with Crippen LogP contribution < -0.4 is 10.2 Å². The number of halogens is 1. The van der Waals surface area contributed by atoms with Crippen molar-refractivity contribution in [2.75, 3.05) is 11.4 Å². The Hall–Kier alpha value is -1.91. The van der Waals surface area contributed by atoms with Crippen molar-refractivity contribution in [3.63, 3.8) is 0 Å². The predicted molar refractivity (Wildman–Crippen MR) is 79.4 cm³/mol. The molecule has 1 saturated heterocycles. The zero-order valence-electron chi connectivity index (χ0n) is 12.6. The van der Waals surface area contributed by atoms with Gasteiger partial charge in [-0.15, -0.1) is 0 Å². The van der Waals surface area contributed by atoms with E-state index < -0.39 is 0 Å². The Kier molecular flexibility index (Phi) is 4.30. The third-order valence-electron chi connectivity index (χ3n) is 3.32. The lowest BCUT2D eigenvalue weighted by Crippen LogP contribution is -2.38. The smallest absolute Gasteiger partial charge is 0.229 e. The molecule has 1 aromatic carbocycles. The van der Waals surface area contributed by atoms with Gasteiger partial charge in [0.2, 0.25) is 11.8 Å². The van der Waals surface area contributed by atoms with Crippen LogP contribution in [0.5, 0.6) is 0 Å². The van der Waals surface area contributed by atoms with Crippen LogP contribution in [0, 0.1) is 11.2 Å². The van der Waals surface area contributed by atoms with Gasteiger partial charge in [0.05, 0.1) is 6.04 Å². The summed E-state index contributed by atoms with van der Waals surface area (Å²) < 4.78 is 12.9. The van der Waals surface area contributed by atoms with Gasteiger partial charge < -0.3 is 10.2 Å². The maximum atomic E-state index is 12.9. The molecule has 5 heteroatoms. The molecule has 1 atom stereocenters. The van der Waals surface area contributed by atoms with Crippen LogP contribution in [0.25, 0.3) is 0 Å². The van der Waals surface area contributed by atoms with Crippen molar-refractivity contribution in [1.82, 2.24) is 5.32 Å². The van der Waals surface area contributed by atoms with E-state index in [0.717, 1.165) is 0 Å². The van der Waals surface area contributed by atoms with Crippen molar-refractivity contribution in [1.29, 1.82) is 0 Å². The normalized spacial score (nSPS) is 19.0. The molecule has 0 aliphatic carbocycles. The number of amides is 2. The fourth-order valence-corrected chi connectivity index (χ4v) is 2.44. The van der Waals surface area contributed by atoms with E-state index in [4.69, 9.17) is 0 Å². The number of nitrogens with zero attached hydrogens (tertiary/aromatic N) is 1. The fourth-order valence-electron chi connectivity index (χ4n) is 2.44. The largest absolute Gasteiger partial charge is 0.351 e. The summed E-state index contributed by atoms with van der Waals surface area (Å²) in [5.41, 5.74) is 0.581. The summed E-state index contributed by atoms with van der Waals surface area (Å²) >= 11 is 0. The molecule has 0 unspecified atom stereocenters. The SMILES string of the molecule is CC(C)(C)CC(=O)N[C@@H]1CC(=O)N(c2ccc(F)cc2)C1. The highest BCUT2D eigenvalue weighted by Crippen LogP contribution is 2.23. The zero-order chi connectivity index (χ0) is 15.6. The third kappa shape index (κ3) is 4.28. The van der Waals surface area contributed by atoms with Crippen molar-refractivity contribution < 1.29 is 14.0 Å². The van der Waals surface area contributed by atoms with Gasteiger partial charge in [0, 0.05) is 25.1 Å². The Morgan fingerprint density at radius 3 is 2.52 bits per heavy atom. The molecule has 0 saturated carbocycles. The van der Waals surface area contributed by atoms with Gasteiger partial charge in [0.15, 0.2) is 0 Å². The molecule has 0 spiro atoms. The lowest BCUT2D eigenvalue weighted by Gasteiger charge is -2.20. The monoisotopic (exact) mass is 292 g/mol. The van der Waals surface area contributed by atoms with Crippen LogP contribution in [0.1, 0.15) is 33.6 Å². The lowest BCUT2D eigenvalue weighted by atomic mass is 9.92. The minimum Gasteiger partial charge on any atom is -0.351 e. The second kappa shape index (κ2) is 5.84. The molecule has 1 heterocycles. The van der Waals surface area contributed by atoms with E-state index in [9.17, 15) is 14.0 Å². The van der Waals surface area contributed by atoms with E-state index >= 15 is 0 Å². The second-order valence-corrected chi connectivity index (χ2v) is 6.69.